The summed E-state index contributed by atoms with van der Waals surface area (Å²) in [5.41, 5.74) is 0.217. The summed E-state index contributed by atoms with van der Waals surface area (Å²) in [6, 6.07) is 16.0. The van der Waals surface area contributed by atoms with Gasteiger partial charge in [-0.15, -0.1) is 0 Å². The Balaban J connectivity index is 1.63. The number of nitrogens with one attached hydrogen (secondary N) is 2. The van der Waals surface area contributed by atoms with Gasteiger partial charge in [-0.05, 0) is 73.2 Å². The molecule has 0 saturated carbocycles. The van der Waals surface area contributed by atoms with Crippen LogP contribution in [0.3, 0.4) is 0 Å². The van der Waals surface area contributed by atoms with E-state index in [0.29, 0.717) is 35.1 Å². The number of nitrogens with zero attached hydrogens (tertiary/aromatic N) is 1. The number of hydrogen-bond donors (Lipinski definition) is 2. The van der Waals surface area contributed by atoms with E-state index in [9.17, 15) is 14.0 Å². The third kappa shape index (κ3) is 5.62. The number of H-pyrrole nitrogens is 2. The van der Waals surface area contributed by atoms with Gasteiger partial charge in [0.25, 0.3) is 11.1 Å². The van der Waals surface area contributed by atoms with Crippen LogP contribution in [0.1, 0.15) is 18.2 Å². The molecule has 0 fully saturated rings. The number of pyridine rings is 1. The highest BCUT2D eigenvalue weighted by Crippen LogP contribution is 2.22. The average molecular weight is 445 g/mol. The molecule has 2 N–H and O–H groups in total. The van der Waals surface area contributed by atoms with Crippen molar-refractivity contribution in [2.75, 3.05) is 6.61 Å². The Morgan fingerprint density at radius 3 is 2.24 bits per heavy atom. The standard InChI is InChI=1S/C25H20FN3O4/c1-2-32-21-11-8-18(27-15-21)14-23-25(31)28-22(24(30)29-23)13-16-4-3-5-20(12-16)33-19-9-6-17(26)7-10-19/h3-15H,2H2,1H3,(H,28,31)(H,29,30)/b22-13-,23-14-. The van der Waals surface area contributed by atoms with E-state index in [0.717, 1.165) is 0 Å². The molecule has 0 aliphatic rings. The van der Waals surface area contributed by atoms with Crippen LogP contribution in [-0.4, -0.2) is 21.6 Å². The topological polar surface area (TPSA) is 97.1 Å². The normalized spacial score (nSPS) is 12.1. The first-order chi connectivity index (χ1) is 16.0. The monoisotopic (exact) mass is 445 g/mol. The summed E-state index contributed by atoms with van der Waals surface area (Å²) >= 11 is 0. The number of halogens is 1. The zero-order valence-corrected chi connectivity index (χ0v) is 17.7. The van der Waals surface area contributed by atoms with E-state index < -0.39 is 11.1 Å². The molecule has 0 atom stereocenters. The maximum Gasteiger partial charge on any atom is 0.272 e. The van der Waals surface area contributed by atoms with Gasteiger partial charge in [0.1, 0.15) is 33.8 Å². The molecular formula is C25H20FN3O4. The van der Waals surface area contributed by atoms with Crippen molar-refractivity contribution < 1.29 is 13.9 Å². The van der Waals surface area contributed by atoms with Crippen molar-refractivity contribution in [3.05, 3.63) is 115 Å². The van der Waals surface area contributed by atoms with Crippen LogP contribution in [0.25, 0.3) is 12.2 Å². The molecule has 2 aromatic heterocycles. The molecule has 33 heavy (non-hydrogen) atoms. The summed E-state index contributed by atoms with van der Waals surface area (Å²) in [6.45, 7) is 2.40. The summed E-state index contributed by atoms with van der Waals surface area (Å²) in [6.07, 6.45) is 4.57. The zero-order chi connectivity index (χ0) is 23.2. The van der Waals surface area contributed by atoms with Crippen molar-refractivity contribution in [2.24, 2.45) is 0 Å². The maximum absolute atomic E-state index is 13.1. The third-order valence-corrected chi connectivity index (χ3v) is 4.57. The van der Waals surface area contributed by atoms with Crippen LogP contribution in [0.15, 0.2) is 76.4 Å². The Hall–Kier alpha value is -4.46. The van der Waals surface area contributed by atoms with Gasteiger partial charge in [-0.2, -0.15) is 0 Å². The quantitative estimate of drug-likeness (QED) is 0.475. The Kier molecular flexibility index (Phi) is 6.45. The molecule has 0 spiro atoms. The number of ether oxygens (including phenoxy) is 2. The fraction of sp³-hybridized carbons (Fsp3) is 0.0800. The van der Waals surface area contributed by atoms with Crippen LogP contribution in [0.4, 0.5) is 4.39 Å². The Morgan fingerprint density at radius 1 is 0.879 bits per heavy atom. The minimum Gasteiger partial charge on any atom is -0.492 e. The van der Waals surface area contributed by atoms with Crippen molar-refractivity contribution in [1.29, 1.82) is 0 Å². The molecule has 0 bridgehead atoms. The van der Waals surface area contributed by atoms with Gasteiger partial charge in [0, 0.05) is 0 Å². The molecule has 166 valence electrons. The van der Waals surface area contributed by atoms with Crippen molar-refractivity contribution in [2.45, 2.75) is 6.92 Å². The molecule has 0 aliphatic carbocycles. The van der Waals surface area contributed by atoms with Gasteiger partial charge in [-0.3, -0.25) is 14.6 Å². The van der Waals surface area contributed by atoms with E-state index in [1.54, 1.807) is 42.6 Å². The zero-order valence-electron chi connectivity index (χ0n) is 17.7. The first-order valence-corrected chi connectivity index (χ1v) is 10.2. The lowest BCUT2D eigenvalue weighted by molar-refractivity contribution is 0.339. The summed E-state index contributed by atoms with van der Waals surface area (Å²) < 4.78 is 24.1. The van der Waals surface area contributed by atoms with Crippen molar-refractivity contribution in [3.63, 3.8) is 0 Å². The second-order valence-electron chi connectivity index (χ2n) is 7.00. The van der Waals surface area contributed by atoms with Gasteiger partial charge >= 0.3 is 0 Å². The van der Waals surface area contributed by atoms with Crippen LogP contribution in [0.2, 0.25) is 0 Å². The number of benzene rings is 2. The molecule has 2 heterocycles. The summed E-state index contributed by atoms with van der Waals surface area (Å²) in [5, 5.41) is 0.179. The molecule has 0 saturated heterocycles. The molecule has 0 unspecified atom stereocenters. The Bertz CT molecular complexity index is 1490. The average Bonchev–Trinajstić information content (AvgIpc) is 2.80. The summed E-state index contributed by atoms with van der Waals surface area (Å²) in [5.74, 6) is 1.24. The van der Waals surface area contributed by atoms with Gasteiger partial charge in [0.2, 0.25) is 0 Å². The van der Waals surface area contributed by atoms with Crippen molar-refractivity contribution in [1.82, 2.24) is 15.0 Å². The molecule has 8 heteroatoms. The van der Waals surface area contributed by atoms with Crippen LogP contribution in [0, 0.1) is 5.82 Å². The lowest BCUT2D eigenvalue weighted by atomic mass is 10.2. The van der Waals surface area contributed by atoms with Crippen LogP contribution in [0.5, 0.6) is 17.2 Å². The van der Waals surface area contributed by atoms with E-state index in [-0.39, 0.29) is 16.5 Å². The minimum absolute atomic E-state index is 0.0854. The largest absolute Gasteiger partial charge is 0.492 e. The Labute approximate surface area is 187 Å². The fourth-order valence-corrected chi connectivity index (χ4v) is 3.05. The first-order valence-electron chi connectivity index (χ1n) is 10.2. The van der Waals surface area contributed by atoms with E-state index in [1.165, 1.54) is 36.4 Å². The highest BCUT2D eigenvalue weighted by atomic mass is 19.1. The summed E-state index contributed by atoms with van der Waals surface area (Å²) in [7, 11) is 0. The molecule has 4 rings (SSSR count). The fourth-order valence-electron chi connectivity index (χ4n) is 3.05. The highest BCUT2D eigenvalue weighted by molar-refractivity contribution is 5.51. The summed E-state index contributed by atoms with van der Waals surface area (Å²) in [4.78, 5) is 34.4. The predicted octanol–water partition coefficient (Wildman–Crippen LogP) is 2.45. The molecule has 7 nitrogen and oxygen atoms in total. The Morgan fingerprint density at radius 2 is 1.58 bits per heavy atom. The van der Waals surface area contributed by atoms with Crippen molar-refractivity contribution in [3.8, 4) is 17.2 Å². The molecule has 4 aromatic rings. The van der Waals surface area contributed by atoms with Crippen LogP contribution < -0.4 is 31.3 Å². The van der Waals surface area contributed by atoms with E-state index in [4.69, 9.17) is 9.47 Å². The second kappa shape index (κ2) is 9.78. The SMILES string of the molecule is CCOc1ccc(/C=c2\[nH]c(=O)/c(=C/c3cccc(Oc4ccc(F)cc4)c3)[nH]c2=O)nc1. The van der Waals surface area contributed by atoms with E-state index in [1.807, 2.05) is 6.92 Å². The van der Waals surface area contributed by atoms with Crippen molar-refractivity contribution >= 4 is 12.2 Å². The minimum atomic E-state index is -0.463. The second-order valence-corrected chi connectivity index (χ2v) is 7.00. The van der Waals surface area contributed by atoms with Gasteiger partial charge in [0.15, 0.2) is 0 Å². The number of hydrogen-bond acceptors (Lipinski definition) is 5. The van der Waals surface area contributed by atoms with Gasteiger partial charge < -0.3 is 19.4 Å². The first kappa shape index (κ1) is 21.8. The van der Waals surface area contributed by atoms with Crippen LogP contribution in [-0.2, 0) is 0 Å². The lowest BCUT2D eigenvalue weighted by Gasteiger charge is -2.06. The van der Waals surface area contributed by atoms with Gasteiger partial charge in [-0.25, -0.2) is 4.39 Å². The van der Waals surface area contributed by atoms with E-state index in [2.05, 4.69) is 15.0 Å². The molecule has 2 aromatic carbocycles. The lowest BCUT2D eigenvalue weighted by Crippen LogP contribution is -2.46. The van der Waals surface area contributed by atoms with E-state index >= 15 is 0 Å². The number of aromatic nitrogens is 3. The number of aromatic amines is 2. The van der Waals surface area contributed by atoms with Gasteiger partial charge in [-0.1, -0.05) is 12.1 Å². The molecular weight excluding hydrogens is 425 g/mol. The number of rotatable bonds is 6. The highest BCUT2D eigenvalue weighted by Gasteiger charge is 2.01. The molecule has 0 aliphatic heterocycles. The predicted molar refractivity (Wildman–Crippen MR) is 122 cm³/mol. The smallest absolute Gasteiger partial charge is 0.272 e. The van der Waals surface area contributed by atoms with Crippen LogP contribution >= 0.6 is 0 Å². The molecule has 0 amide bonds. The maximum atomic E-state index is 13.1. The molecule has 0 radical (unpaired) electrons. The third-order valence-electron chi connectivity index (χ3n) is 4.57. The van der Waals surface area contributed by atoms with Gasteiger partial charge in [0.05, 0.1) is 18.5 Å².